The highest BCUT2D eigenvalue weighted by Crippen LogP contribution is 2.34. The zero-order valence-electron chi connectivity index (χ0n) is 19.3. The molecule has 2 rings (SSSR count). The maximum Gasteiger partial charge on any atom is 0.311 e. The van der Waals surface area contributed by atoms with Crippen molar-refractivity contribution >= 4 is 17.8 Å². The molecular formula is C27H32O5. The second-order valence-corrected chi connectivity index (χ2v) is 7.76. The number of carboxylic acid groups (broad SMARTS) is 1. The van der Waals surface area contributed by atoms with Crippen molar-refractivity contribution in [1.29, 1.82) is 0 Å². The molecule has 1 N–H and O–H groups in total. The van der Waals surface area contributed by atoms with Crippen LogP contribution in [0.2, 0.25) is 0 Å². The highest BCUT2D eigenvalue weighted by Gasteiger charge is 2.35. The van der Waals surface area contributed by atoms with Crippen LogP contribution in [-0.2, 0) is 9.59 Å². The highest BCUT2D eigenvalue weighted by molar-refractivity contribution is 6.03. The van der Waals surface area contributed by atoms with Gasteiger partial charge >= 0.3 is 5.97 Å². The van der Waals surface area contributed by atoms with Crippen molar-refractivity contribution in [3.63, 3.8) is 0 Å². The molecular weight excluding hydrogens is 404 g/mol. The number of allylic oxidation sites excluding steroid dienone is 2. The van der Waals surface area contributed by atoms with E-state index in [2.05, 4.69) is 6.58 Å². The first kappa shape index (κ1) is 24.9. The van der Waals surface area contributed by atoms with Crippen LogP contribution in [0, 0.1) is 5.92 Å². The molecule has 0 amide bonds. The molecule has 0 radical (unpaired) electrons. The average Bonchev–Trinajstić information content (AvgIpc) is 2.75. The van der Waals surface area contributed by atoms with Gasteiger partial charge in [0.25, 0.3) is 0 Å². The largest absolute Gasteiger partial charge is 0.490 e. The van der Waals surface area contributed by atoms with E-state index in [0.717, 1.165) is 11.1 Å². The molecule has 0 saturated heterocycles. The van der Waals surface area contributed by atoms with Crippen LogP contribution in [0.3, 0.4) is 0 Å². The standard InChI is InChI=1S/C27H32O5/c1-6-31-23-14-13-20(17-24(23)32-7-2)16-19(5)26(28)22(15-18(3)4)25(27(29)30)21-11-9-8-10-12-21/h8-14,16-17,22,25H,3,6-7,15H2,1-2,4-5H3,(H,29,30). The number of aliphatic carboxylic acids is 1. The number of carbonyl (C=O) groups excluding carboxylic acids is 1. The summed E-state index contributed by atoms with van der Waals surface area (Å²) in [4.78, 5) is 25.6. The van der Waals surface area contributed by atoms with E-state index in [4.69, 9.17) is 9.47 Å². The Morgan fingerprint density at radius 1 is 1.00 bits per heavy atom. The summed E-state index contributed by atoms with van der Waals surface area (Å²) in [6.07, 6.45) is 2.05. The van der Waals surface area contributed by atoms with Crippen LogP contribution in [0.4, 0.5) is 0 Å². The first-order valence-electron chi connectivity index (χ1n) is 10.8. The molecule has 5 heteroatoms. The second kappa shape index (κ2) is 11.9. The molecule has 0 bridgehead atoms. The third-order valence-electron chi connectivity index (χ3n) is 5.07. The molecule has 2 aromatic carbocycles. The Labute approximate surface area is 190 Å². The van der Waals surface area contributed by atoms with Crippen LogP contribution in [-0.4, -0.2) is 30.1 Å². The zero-order chi connectivity index (χ0) is 23.7. The van der Waals surface area contributed by atoms with E-state index in [9.17, 15) is 14.7 Å². The lowest BCUT2D eigenvalue weighted by atomic mass is 9.78. The Morgan fingerprint density at radius 2 is 1.62 bits per heavy atom. The SMILES string of the molecule is C=C(C)CC(C(=O)C(C)=Cc1ccc(OCC)c(OCC)c1)C(C(=O)O)c1ccccc1. The molecule has 0 aliphatic rings. The number of benzene rings is 2. The van der Waals surface area contributed by atoms with Gasteiger partial charge in [0.2, 0.25) is 0 Å². The molecule has 0 saturated carbocycles. The fourth-order valence-electron chi connectivity index (χ4n) is 3.72. The van der Waals surface area contributed by atoms with Gasteiger partial charge in [-0.1, -0.05) is 42.0 Å². The van der Waals surface area contributed by atoms with E-state index in [1.807, 2.05) is 45.0 Å². The molecule has 0 fully saturated rings. The molecule has 5 nitrogen and oxygen atoms in total. The number of ether oxygens (including phenoxy) is 2. The molecule has 0 aliphatic heterocycles. The van der Waals surface area contributed by atoms with Crippen molar-refractivity contribution in [3.8, 4) is 11.5 Å². The lowest BCUT2D eigenvalue weighted by Gasteiger charge is -2.24. The smallest absolute Gasteiger partial charge is 0.311 e. The summed E-state index contributed by atoms with van der Waals surface area (Å²) in [6, 6.07) is 14.4. The number of hydrogen-bond acceptors (Lipinski definition) is 4. The van der Waals surface area contributed by atoms with Gasteiger partial charge in [-0.05, 0) is 69.0 Å². The minimum absolute atomic E-state index is 0.212. The van der Waals surface area contributed by atoms with Gasteiger partial charge in [0.15, 0.2) is 17.3 Å². The zero-order valence-corrected chi connectivity index (χ0v) is 19.3. The normalized spacial score (nSPS) is 13.2. The Bertz CT molecular complexity index is 975. The summed E-state index contributed by atoms with van der Waals surface area (Å²) in [6.45, 7) is 12.3. The third-order valence-corrected chi connectivity index (χ3v) is 5.07. The minimum atomic E-state index is -1.02. The van der Waals surface area contributed by atoms with E-state index in [-0.39, 0.29) is 5.78 Å². The summed E-state index contributed by atoms with van der Waals surface area (Å²) in [5.41, 5.74) is 2.62. The Morgan fingerprint density at radius 3 is 2.19 bits per heavy atom. The van der Waals surface area contributed by atoms with E-state index >= 15 is 0 Å². The topological polar surface area (TPSA) is 72.8 Å². The summed E-state index contributed by atoms with van der Waals surface area (Å²) >= 11 is 0. The van der Waals surface area contributed by atoms with Gasteiger partial charge in [-0.15, -0.1) is 6.58 Å². The molecule has 0 aromatic heterocycles. The van der Waals surface area contributed by atoms with Gasteiger partial charge in [0, 0.05) is 5.92 Å². The van der Waals surface area contributed by atoms with Gasteiger partial charge in [0.05, 0.1) is 19.1 Å². The predicted octanol–water partition coefficient (Wildman–Crippen LogP) is 5.91. The fourth-order valence-corrected chi connectivity index (χ4v) is 3.72. The van der Waals surface area contributed by atoms with Crippen molar-refractivity contribution in [2.75, 3.05) is 13.2 Å². The predicted molar refractivity (Wildman–Crippen MR) is 127 cm³/mol. The van der Waals surface area contributed by atoms with Crippen LogP contribution in [0.25, 0.3) is 6.08 Å². The molecule has 32 heavy (non-hydrogen) atoms. The maximum absolute atomic E-state index is 13.5. The number of Topliss-reactive ketones (excluding diaryl/α,β-unsaturated/α-hetero) is 1. The summed E-state index contributed by atoms with van der Waals surface area (Å²) < 4.78 is 11.3. The number of carbonyl (C=O) groups is 2. The van der Waals surface area contributed by atoms with E-state index in [1.54, 1.807) is 37.3 Å². The number of rotatable bonds is 12. The van der Waals surface area contributed by atoms with E-state index in [1.165, 1.54) is 0 Å². The van der Waals surface area contributed by atoms with Crippen molar-refractivity contribution in [1.82, 2.24) is 0 Å². The van der Waals surface area contributed by atoms with Crippen LogP contribution in [0.1, 0.15) is 51.2 Å². The third kappa shape index (κ3) is 6.58. The summed E-state index contributed by atoms with van der Waals surface area (Å²) in [7, 11) is 0. The molecule has 170 valence electrons. The Kier molecular flexibility index (Phi) is 9.26. The molecule has 0 heterocycles. The molecule has 2 atom stereocenters. The molecule has 2 unspecified atom stereocenters. The van der Waals surface area contributed by atoms with Gasteiger partial charge in [-0.2, -0.15) is 0 Å². The van der Waals surface area contributed by atoms with Crippen LogP contribution >= 0.6 is 0 Å². The average molecular weight is 437 g/mol. The number of ketones is 1. The fraction of sp³-hybridized carbons (Fsp3) is 0.333. The molecule has 0 spiro atoms. The van der Waals surface area contributed by atoms with E-state index < -0.39 is 17.8 Å². The molecule has 0 aliphatic carbocycles. The van der Waals surface area contributed by atoms with Crippen LogP contribution in [0.15, 0.2) is 66.3 Å². The van der Waals surface area contributed by atoms with Gasteiger partial charge in [-0.3, -0.25) is 9.59 Å². The second-order valence-electron chi connectivity index (χ2n) is 7.76. The quantitative estimate of drug-likeness (QED) is 0.331. The lowest BCUT2D eigenvalue weighted by Crippen LogP contribution is -2.29. The van der Waals surface area contributed by atoms with Crippen molar-refractivity contribution in [2.24, 2.45) is 5.92 Å². The van der Waals surface area contributed by atoms with Crippen molar-refractivity contribution < 1.29 is 24.2 Å². The Balaban J connectivity index is 2.43. The summed E-state index contributed by atoms with van der Waals surface area (Å²) in [5, 5.41) is 9.98. The lowest BCUT2D eigenvalue weighted by molar-refractivity contribution is -0.142. The minimum Gasteiger partial charge on any atom is -0.490 e. The van der Waals surface area contributed by atoms with Gasteiger partial charge in [0.1, 0.15) is 0 Å². The first-order valence-corrected chi connectivity index (χ1v) is 10.8. The monoisotopic (exact) mass is 436 g/mol. The Hall–Kier alpha value is -3.34. The number of carboxylic acids is 1. The van der Waals surface area contributed by atoms with Crippen LogP contribution in [0.5, 0.6) is 11.5 Å². The highest BCUT2D eigenvalue weighted by atomic mass is 16.5. The maximum atomic E-state index is 13.5. The molecule has 2 aromatic rings. The van der Waals surface area contributed by atoms with Crippen LogP contribution < -0.4 is 9.47 Å². The number of hydrogen-bond donors (Lipinski definition) is 1. The summed E-state index contributed by atoms with van der Waals surface area (Å²) in [5.74, 6) is -1.69. The van der Waals surface area contributed by atoms with Crippen molar-refractivity contribution in [2.45, 2.75) is 40.0 Å². The van der Waals surface area contributed by atoms with E-state index in [0.29, 0.717) is 42.3 Å². The van der Waals surface area contributed by atoms with Crippen molar-refractivity contribution in [3.05, 3.63) is 77.4 Å². The first-order chi connectivity index (χ1) is 15.3. The van der Waals surface area contributed by atoms with Gasteiger partial charge < -0.3 is 14.6 Å². The van der Waals surface area contributed by atoms with Gasteiger partial charge in [-0.25, -0.2) is 0 Å².